The van der Waals surface area contributed by atoms with E-state index in [9.17, 15) is 4.79 Å². The molecule has 1 fully saturated rings. The number of thioether (sulfide) groups is 1. The van der Waals surface area contributed by atoms with E-state index in [1.165, 1.54) is 0 Å². The van der Waals surface area contributed by atoms with Gasteiger partial charge in [-0.3, -0.25) is 4.79 Å². The maximum atomic E-state index is 10.6. The van der Waals surface area contributed by atoms with Gasteiger partial charge in [0, 0.05) is 18.1 Å². The zero-order valence-corrected chi connectivity index (χ0v) is 7.26. The van der Waals surface area contributed by atoms with Gasteiger partial charge in [-0.15, -0.1) is 0 Å². The quantitative estimate of drug-likeness (QED) is 0.692. The molecule has 0 spiro atoms. The summed E-state index contributed by atoms with van der Waals surface area (Å²) in [5, 5.41) is 8.72. The highest BCUT2D eigenvalue weighted by molar-refractivity contribution is 7.99. The normalized spacial score (nSPS) is 30.6. The van der Waals surface area contributed by atoms with Crippen LogP contribution < -0.4 is 0 Å². The third kappa shape index (κ3) is 2.10. The highest BCUT2D eigenvalue weighted by Crippen LogP contribution is 2.26. The van der Waals surface area contributed by atoms with Crippen molar-refractivity contribution in [3.63, 3.8) is 0 Å². The van der Waals surface area contributed by atoms with Crippen molar-refractivity contribution in [2.24, 2.45) is 5.92 Å². The lowest BCUT2D eigenvalue weighted by atomic mass is 10.1. The maximum absolute atomic E-state index is 10.6. The smallest absolute Gasteiger partial charge is 0.310 e. The lowest BCUT2D eigenvalue weighted by Crippen LogP contribution is -2.28. The predicted molar refractivity (Wildman–Crippen MR) is 43.9 cm³/mol. The minimum Gasteiger partial charge on any atom is -0.481 e. The second-order valence-corrected chi connectivity index (χ2v) is 3.55. The molecule has 1 aliphatic heterocycles. The van der Waals surface area contributed by atoms with Crippen LogP contribution in [0, 0.1) is 5.92 Å². The molecule has 3 nitrogen and oxygen atoms in total. The van der Waals surface area contributed by atoms with Gasteiger partial charge in [0.15, 0.2) is 0 Å². The van der Waals surface area contributed by atoms with E-state index in [2.05, 4.69) is 0 Å². The Kier molecular flexibility index (Phi) is 3.20. The van der Waals surface area contributed by atoms with E-state index >= 15 is 0 Å². The van der Waals surface area contributed by atoms with Crippen molar-refractivity contribution in [3.05, 3.63) is 0 Å². The predicted octanol–water partition coefficient (Wildman–Crippen LogP) is 0.839. The van der Waals surface area contributed by atoms with Crippen LogP contribution in [0.25, 0.3) is 0 Å². The van der Waals surface area contributed by atoms with E-state index in [1.54, 1.807) is 11.8 Å². The van der Waals surface area contributed by atoms with Crippen LogP contribution in [0.5, 0.6) is 0 Å². The fourth-order valence-electron chi connectivity index (χ4n) is 1.14. The molecule has 64 valence electrons. The van der Waals surface area contributed by atoms with E-state index in [0.29, 0.717) is 12.4 Å². The average molecular weight is 176 g/mol. The molecule has 1 rings (SSSR count). The zero-order valence-electron chi connectivity index (χ0n) is 6.45. The van der Waals surface area contributed by atoms with Crippen LogP contribution in [0.1, 0.15) is 6.92 Å². The first-order chi connectivity index (χ1) is 5.25. The number of hydrogen-bond donors (Lipinski definition) is 1. The van der Waals surface area contributed by atoms with Crippen molar-refractivity contribution < 1.29 is 14.6 Å². The summed E-state index contributed by atoms with van der Waals surface area (Å²) in [6.07, 6.45) is -0.0671. The number of carbonyl (C=O) groups is 1. The van der Waals surface area contributed by atoms with Crippen LogP contribution in [-0.2, 0) is 9.53 Å². The SMILES string of the molecule is CCOC1CSCC1C(=O)O. The lowest BCUT2D eigenvalue weighted by Gasteiger charge is -2.13. The molecule has 0 radical (unpaired) electrons. The van der Waals surface area contributed by atoms with Gasteiger partial charge in [-0.1, -0.05) is 0 Å². The molecule has 0 aromatic carbocycles. The highest BCUT2D eigenvalue weighted by atomic mass is 32.2. The summed E-state index contributed by atoms with van der Waals surface area (Å²) >= 11 is 1.65. The fourth-order valence-corrected chi connectivity index (χ4v) is 2.45. The highest BCUT2D eigenvalue weighted by Gasteiger charge is 2.33. The Labute approximate surface area is 70.1 Å². The molecule has 1 heterocycles. The molecule has 2 atom stereocenters. The summed E-state index contributed by atoms with van der Waals surface area (Å²) in [5.41, 5.74) is 0. The summed E-state index contributed by atoms with van der Waals surface area (Å²) < 4.78 is 5.28. The summed E-state index contributed by atoms with van der Waals surface area (Å²) in [4.78, 5) is 10.6. The molecule has 0 amide bonds. The molecule has 0 aromatic heterocycles. The number of carboxylic acids is 1. The minimum absolute atomic E-state index is 0.0671. The third-order valence-electron chi connectivity index (χ3n) is 1.73. The van der Waals surface area contributed by atoms with Crippen molar-refractivity contribution in [2.45, 2.75) is 13.0 Å². The molecule has 1 N–H and O–H groups in total. The van der Waals surface area contributed by atoms with E-state index in [-0.39, 0.29) is 12.0 Å². The Morgan fingerprint density at radius 1 is 1.73 bits per heavy atom. The van der Waals surface area contributed by atoms with Gasteiger partial charge in [-0.2, -0.15) is 11.8 Å². The van der Waals surface area contributed by atoms with Gasteiger partial charge in [-0.05, 0) is 6.92 Å². The molecular weight excluding hydrogens is 164 g/mol. The van der Waals surface area contributed by atoms with Crippen molar-refractivity contribution in [2.75, 3.05) is 18.1 Å². The van der Waals surface area contributed by atoms with Crippen molar-refractivity contribution >= 4 is 17.7 Å². The van der Waals surface area contributed by atoms with Gasteiger partial charge >= 0.3 is 5.97 Å². The molecule has 1 saturated heterocycles. The van der Waals surface area contributed by atoms with Gasteiger partial charge < -0.3 is 9.84 Å². The standard InChI is InChI=1S/C7H12O3S/c1-2-10-6-4-11-3-5(6)7(8)9/h5-6H,2-4H2,1H3,(H,8,9). The minimum atomic E-state index is -0.728. The summed E-state index contributed by atoms with van der Waals surface area (Å²) in [7, 11) is 0. The van der Waals surface area contributed by atoms with Crippen molar-refractivity contribution in [3.8, 4) is 0 Å². The molecule has 2 unspecified atom stereocenters. The topological polar surface area (TPSA) is 46.5 Å². The zero-order chi connectivity index (χ0) is 8.27. The molecule has 0 aromatic rings. The Balaban J connectivity index is 2.44. The second kappa shape index (κ2) is 3.97. The number of carboxylic acid groups (broad SMARTS) is 1. The van der Waals surface area contributed by atoms with Crippen molar-refractivity contribution in [1.29, 1.82) is 0 Å². The van der Waals surface area contributed by atoms with Crippen LogP contribution >= 0.6 is 11.8 Å². The van der Waals surface area contributed by atoms with Gasteiger partial charge in [-0.25, -0.2) is 0 Å². The van der Waals surface area contributed by atoms with Crippen LogP contribution in [0.15, 0.2) is 0 Å². The number of rotatable bonds is 3. The Morgan fingerprint density at radius 2 is 2.45 bits per heavy atom. The van der Waals surface area contributed by atoms with E-state index in [1.807, 2.05) is 6.92 Å². The van der Waals surface area contributed by atoms with Crippen LogP contribution in [0.2, 0.25) is 0 Å². The van der Waals surface area contributed by atoms with Crippen LogP contribution in [0.3, 0.4) is 0 Å². The molecule has 0 saturated carbocycles. The largest absolute Gasteiger partial charge is 0.481 e. The Morgan fingerprint density at radius 3 is 3.00 bits per heavy atom. The summed E-state index contributed by atoms with van der Waals surface area (Å²) in [6, 6.07) is 0. The average Bonchev–Trinajstić information content (AvgIpc) is 2.36. The van der Waals surface area contributed by atoms with E-state index in [4.69, 9.17) is 9.84 Å². The number of aliphatic carboxylic acids is 1. The van der Waals surface area contributed by atoms with Crippen molar-refractivity contribution in [1.82, 2.24) is 0 Å². The molecule has 0 aliphatic carbocycles. The molecular formula is C7H12O3S. The lowest BCUT2D eigenvalue weighted by molar-refractivity contribution is -0.144. The van der Waals surface area contributed by atoms with E-state index in [0.717, 1.165) is 5.75 Å². The van der Waals surface area contributed by atoms with Crippen LogP contribution in [0.4, 0.5) is 0 Å². The summed E-state index contributed by atoms with van der Waals surface area (Å²) in [6.45, 7) is 2.50. The fraction of sp³-hybridized carbons (Fsp3) is 0.857. The second-order valence-electron chi connectivity index (χ2n) is 2.48. The van der Waals surface area contributed by atoms with Gasteiger partial charge in [0.25, 0.3) is 0 Å². The first-order valence-corrected chi connectivity index (χ1v) is 4.83. The number of hydrogen-bond acceptors (Lipinski definition) is 3. The van der Waals surface area contributed by atoms with Gasteiger partial charge in [0.2, 0.25) is 0 Å². The Hall–Kier alpha value is -0.220. The monoisotopic (exact) mass is 176 g/mol. The first-order valence-electron chi connectivity index (χ1n) is 3.68. The van der Waals surface area contributed by atoms with E-state index < -0.39 is 5.97 Å². The van der Waals surface area contributed by atoms with Gasteiger partial charge in [0.1, 0.15) is 0 Å². The third-order valence-corrected chi connectivity index (χ3v) is 2.89. The summed E-state index contributed by atoms with van der Waals surface area (Å²) in [5.74, 6) is 0.499. The first kappa shape index (κ1) is 8.87. The van der Waals surface area contributed by atoms with Crippen LogP contribution in [-0.4, -0.2) is 35.3 Å². The number of ether oxygens (including phenoxy) is 1. The molecule has 1 aliphatic rings. The Bertz CT molecular complexity index is 149. The molecule has 0 bridgehead atoms. The molecule has 11 heavy (non-hydrogen) atoms. The maximum Gasteiger partial charge on any atom is 0.310 e. The molecule has 4 heteroatoms. The van der Waals surface area contributed by atoms with Gasteiger partial charge in [0.05, 0.1) is 12.0 Å².